The van der Waals surface area contributed by atoms with Crippen molar-refractivity contribution < 1.29 is 4.79 Å². The summed E-state index contributed by atoms with van der Waals surface area (Å²) in [4.78, 5) is 15.7. The van der Waals surface area contributed by atoms with Crippen LogP contribution in [0.2, 0.25) is 0 Å². The van der Waals surface area contributed by atoms with Crippen LogP contribution < -0.4 is 0 Å². The summed E-state index contributed by atoms with van der Waals surface area (Å²) < 4.78 is 1.97. The highest BCUT2D eigenvalue weighted by molar-refractivity contribution is 7.99. The Bertz CT molecular complexity index is 662. The maximum Gasteiger partial charge on any atom is 0.233 e. The van der Waals surface area contributed by atoms with Crippen LogP contribution >= 0.6 is 23.1 Å². The first kappa shape index (κ1) is 16.5. The Hall–Kier alpha value is -1.34. The van der Waals surface area contributed by atoms with E-state index in [1.165, 1.54) is 11.8 Å². The van der Waals surface area contributed by atoms with Crippen molar-refractivity contribution in [3.05, 3.63) is 17.5 Å². The Morgan fingerprint density at radius 2 is 2.26 bits per heavy atom. The summed E-state index contributed by atoms with van der Waals surface area (Å²) in [6, 6.07) is 4.50. The number of hydrogen-bond acceptors (Lipinski definition) is 5. The second-order valence-corrected chi connectivity index (χ2v) is 8.19. The molecule has 1 aliphatic rings. The Morgan fingerprint density at radius 1 is 1.48 bits per heavy atom. The fourth-order valence-electron chi connectivity index (χ4n) is 2.50. The molecule has 0 saturated heterocycles. The maximum atomic E-state index is 12.5. The molecule has 0 aliphatic heterocycles. The van der Waals surface area contributed by atoms with E-state index in [-0.39, 0.29) is 5.91 Å². The third-order valence-corrected chi connectivity index (χ3v) is 5.64. The minimum Gasteiger partial charge on any atom is -0.339 e. The number of amides is 1. The molecule has 0 aromatic carbocycles. The molecule has 5 nitrogen and oxygen atoms in total. The fraction of sp³-hybridized carbons (Fsp3) is 0.562. The number of rotatable bonds is 7. The van der Waals surface area contributed by atoms with Gasteiger partial charge in [0.25, 0.3) is 0 Å². The van der Waals surface area contributed by atoms with Crippen molar-refractivity contribution in [2.75, 3.05) is 12.3 Å². The maximum absolute atomic E-state index is 12.5. The zero-order valence-electron chi connectivity index (χ0n) is 13.7. The number of hydrogen-bond donors (Lipinski definition) is 0. The molecule has 1 saturated carbocycles. The van der Waals surface area contributed by atoms with Crippen LogP contribution in [-0.4, -0.2) is 43.9 Å². The summed E-state index contributed by atoms with van der Waals surface area (Å²) in [6.45, 7) is 5.17. The van der Waals surface area contributed by atoms with Crippen molar-refractivity contribution in [3.63, 3.8) is 0 Å². The van der Waals surface area contributed by atoms with Crippen LogP contribution in [0.25, 0.3) is 10.7 Å². The number of thioether (sulfide) groups is 1. The lowest BCUT2D eigenvalue weighted by molar-refractivity contribution is -0.129. The molecular weight excluding hydrogens is 328 g/mol. The van der Waals surface area contributed by atoms with Crippen molar-refractivity contribution >= 4 is 29.0 Å². The number of aromatic nitrogens is 3. The molecule has 0 spiro atoms. The third kappa shape index (κ3) is 3.95. The van der Waals surface area contributed by atoms with Crippen LogP contribution in [0, 0.1) is 5.92 Å². The van der Waals surface area contributed by atoms with E-state index < -0.39 is 0 Å². The normalized spacial score (nSPS) is 14.4. The Balaban J connectivity index is 1.63. The Kier molecular flexibility index (Phi) is 5.06. The van der Waals surface area contributed by atoms with E-state index in [2.05, 4.69) is 24.0 Å². The molecule has 23 heavy (non-hydrogen) atoms. The lowest BCUT2D eigenvalue weighted by Crippen LogP contribution is -2.37. The second-order valence-electron chi connectivity index (χ2n) is 6.30. The topological polar surface area (TPSA) is 51.0 Å². The smallest absolute Gasteiger partial charge is 0.233 e. The fourth-order valence-corrected chi connectivity index (χ4v) is 4.05. The average molecular weight is 351 g/mol. The van der Waals surface area contributed by atoms with E-state index in [4.69, 9.17) is 0 Å². The monoisotopic (exact) mass is 350 g/mol. The van der Waals surface area contributed by atoms with Gasteiger partial charge in [-0.05, 0) is 30.2 Å². The first-order chi connectivity index (χ1) is 11.1. The SMILES string of the molecule is CC(C)CN(C(=O)CSc1nnc(-c2cccs2)n1C)C1CC1. The van der Waals surface area contributed by atoms with Gasteiger partial charge in [-0.15, -0.1) is 21.5 Å². The van der Waals surface area contributed by atoms with E-state index in [0.717, 1.165) is 35.2 Å². The van der Waals surface area contributed by atoms with Crippen LogP contribution in [0.1, 0.15) is 26.7 Å². The third-order valence-electron chi connectivity index (χ3n) is 3.77. The van der Waals surface area contributed by atoms with Crippen LogP contribution in [-0.2, 0) is 11.8 Å². The molecule has 7 heteroatoms. The zero-order valence-corrected chi connectivity index (χ0v) is 15.4. The molecule has 2 aromatic rings. The molecule has 0 bridgehead atoms. The van der Waals surface area contributed by atoms with Crippen molar-refractivity contribution in [1.82, 2.24) is 19.7 Å². The minimum absolute atomic E-state index is 0.215. The highest BCUT2D eigenvalue weighted by Crippen LogP contribution is 2.30. The van der Waals surface area contributed by atoms with Crippen molar-refractivity contribution in [2.24, 2.45) is 13.0 Å². The Morgan fingerprint density at radius 3 is 2.87 bits per heavy atom. The van der Waals surface area contributed by atoms with Gasteiger partial charge in [-0.3, -0.25) is 4.79 Å². The van der Waals surface area contributed by atoms with Crippen LogP contribution in [0.5, 0.6) is 0 Å². The standard InChI is InChI=1S/C16H22N4OS2/c1-11(2)9-20(12-6-7-12)14(21)10-23-16-18-17-15(19(16)3)13-5-4-8-22-13/h4-5,8,11-12H,6-7,9-10H2,1-3H3. The Labute approximate surface area is 145 Å². The molecule has 0 unspecified atom stereocenters. The predicted molar refractivity (Wildman–Crippen MR) is 94.6 cm³/mol. The summed E-state index contributed by atoms with van der Waals surface area (Å²) in [5.74, 6) is 2.01. The van der Waals surface area contributed by atoms with E-state index in [1.807, 2.05) is 34.0 Å². The highest BCUT2D eigenvalue weighted by Gasteiger charge is 2.32. The van der Waals surface area contributed by atoms with Gasteiger partial charge in [0.15, 0.2) is 11.0 Å². The molecule has 124 valence electrons. The number of nitrogens with zero attached hydrogens (tertiary/aromatic N) is 4. The molecule has 0 atom stereocenters. The molecule has 1 amide bonds. The predicted octanol–water partition coefficient (Wildman–Crippen LogP) is 3.28. The van der Waals surface area contributed by atoms with Gasteiger partial charge in [0.2, 0.25) is 5.91 Å². The molecule has 2 heterocycles. The molecule has 2 aromatic heterocycles. The van der Waals surface area contributed by atoms with Gasteiger partial charge in [0.05, 0.1) is 10.6 Å². The van der Waals surface area contributed by atoms with Crippen molar-refractivity contribution in [2.45, 2.75) is 37.9 Å². The van der Waals surface area contributed by atoms with Crippen LogP contribution in [0.4, 0.5) is 0 Å². The van der Waals surface area contributed by atoms with E-state index >= 15 is 0 Å². The molecular formula is C16H22N4OS2. The van der Waals surface area contributed by atoms with E-state index in [9.17, 15) is 4.79 Å². The van der Waals surface area contributed by atoms with Gasteiger partial charge in [-0.2, -0.15) is 0 Å². The second kappa shape index (κ2) is 7.05. The van der Waals surface area contributed by atoms with Crippen LogP contribution in [0.15, 0.2) is 22.7 Å². The first-order valence-corrected chi connectivity index (χ1v) is 9.78. The summed E-state index contributed by atoms with van der Waals surface area (Å²) in [7, 11) is 1.95. The lowest BCUT2D eigenvalue weighted by atomic mass is 10.2. The van der Waals surface area contributed by atoms with E-state index in [0.29, 0.717) is 17.7 Å². The summed E-state index contributed by atoms with van der Waals surface area (Å²) in [5.41, 5.74) is 0. The van der Waals surface area contributed by atoms with Crippen molar-refractivity contribution in [1.29, 1.82) is 0 Å². The summed E-state index contributed by atoms with van der Waals surface area (Å²) in [5, 5.41) is 11.3. The largest absolute Gasteiger partial charge is 0.339 e. The molecule has 1 aliphatic carbocycles. The van der Waals surface area contributed by atoms with Gasteiger partial charge in [0.1, 0.15) is 0 Å². The van der Waals surface area contributed by atoms with Gasteiger partial charge >= 0.3 is 0 Å². The van der Waals surface area contributed by atoms with Gasteiger partial charge in [0, 0.05) is 19.6 Å². The zero-order chi connectivity index (χ0) is 16.4. The van der Waals surface area contributed by atoms with Gasteiger partial charge < -0.3 is 9.47 Å². The van der Waals surface area contributed by atoms with E-state index in [1.54, 1.807) is 11.3 Å². The quantitative estimate of drug-likeness (QED) is 0.719. The lowest BCUT2D eigenvalue weighted by Gasteiger charge is -2.24. The molecule has 3 rings (SSSR count). The van der Waals surface area contributed by atoms with Crippen molar-refractivity contribution in [3.8, 4) is 10.7 Å². The summed E-state index contributed by atoms with van der Waals surface area (Å²) >= 11 is 3.12. The van der Waals surface area contributed by atoms with Gasteiger partial charge in [-0.1, -0.05) is 31.7 Å². The number of thiophene rings is 1. The number of carbonyl (C=O) groups excluding carboxylic acids is 1. The molecule has 0 radical (unpaired) electrons. The minimum atomic E-state index is 0.215. The van der Waals surface area contributed by atoms with Crippen LogP contribution in [0.3, 0.4) is 0 Å². The highest BCUT2D eigenvalue weighted by atomic mass is 32.2. The summed E-state index contributed by atoms with van der Waals surface area (Å²) in [6.07, 6.45) is 2.30. The molecule has 1 fully saturated rings. The first-order valence-electron chi connectivity index (χ1n) is 7.91. The number of carbonyl (C=O) groups is 1. The van der Waals surface area contributed by atoms with Gasteiger partial charge in [-0.25, -0.2) is 0 Å². The molecule has 0 N–H and O–H groups in total. The average Bonchev–Trinajstić information content (AvgIpc) is 3.08.